The quantitative estimate of drug-likeness (QED) is 0.766. The summed E-state index contributed by atoms with van der Waals surface area (Å²) in [5.74, 6) is -0.228. The lowest BCUT2D eigenvalue weighted by molar-refractivity contribution is -0.141. The molecule has 0 saturated carbocycles. The van der Waals surface area contributed by atoms with E-state index >= 15 is 0 Å². The van der Waals surface area contributed by atoms with Crippen molar-refractivity contribution in [2.45, 2.75) is 32.5 Å². The smallest absolute Gasteiger partial charge is 0.324 e. The number of halogens is 3. The molecule has 1 aromatic rings. The molecular weight excluding hydrogens is 209 g/mol. The van der Waals surface area contributed by atoms with E-state index in [1.165, 1.54) is 20.8 Å². The summed E-state index contributed by atoms with van der Waals surface area (Å²) in [6.07, 6.45) is -2.62. The minimum atomic E-state index is -4.47. The maximum Gasteiger partial charge on any atom is 0.434 e. The van der Waals surface area contributed by atoms with Crippen LogP contribution < -0.4 is 0 Å². The molecule has 0 atom stereocenters. The van der Waals surface area contributed by atoms with Crippen LogP contribution in [0.3, 0.4) is 0 Å². The maximum absolute atomic E-state index is 12.2. The van der Waals surface area contributed by atoms with E-state index in [4.69, 9.17) is 0 Å². The number of Topliss-reactive ketones (excluding diaryl/α,β-unsaturated/α-hetero) is 1. The Labute approximate surface area is 84.9 Å². The van der Waals surface area contributed by atoms with Gasteiger partial charge in [-0.1, -0.05) is 0 Å². The Balaban J connectivity index is 3.10. The topological polar surface area (TPSA) is 34.9 Å². The summed E-state index contributed by atoms with van der Waals surface area (Å²) in [5.41, 5.74) is -1.99. The lowest BCUT2D eigenvalue weighted by Gasteiger charge is -2.22. The largest absolute Gasteiger partial charge is 0.434 e. The van der Waals surface area contributed by atoms with Gasteiger partial charge in [0.2, 0.25) is 0 Å². The van der Waals surface area contributed by atoms with Crippen molar-refractivity contribution in [1.29, 1.82) is 0 Å². The highest BCUT2D eigenvalue weighted by atomic mass is 19.4. The van der Waals surface area contributed by atoms with Gasteiger partial charge in [0.25, 0.3) is 0 Å². The van der Waals surface area contributed by atoms with Gasteiger partial charge in [0, 0.05) is 6.20 Å². The number of nitrogens with zero attached hydrogens (tertiary/aromatic N) is 2. The lowest BCUT2D eigenvalue weighted by Crippen LogP contribution is -2.33. The predicted molar refractivity (Wildman–Crippen MR) is 47.2 cm³/mol. The van der Waals surface area contributed by atoms with E-state index in [9.17, 15) is 18.0 Å². The third kappa shape index (κ3) is 2.19. The third-order valence-electron chi connectivity index (χ3n) is 2.38. The van der Waals surface area contributed by atoms with Crippen molar-refractivity contribution < 1.29 is 18.0 Å². The average molecular weight is 220 g/mol. The minimum absolute atomic E-state index is 0.228. The SMILES string of the molecule is CC(=O)C(C)(C)n1cnc(C(F)(F)F)c1. The molecule has 0 bridgehead atoms. The van der Waals surface area contributed by atoms with Gasteiger partial charge < -0.3 is 4.57 Å². The molecule has 0 aliphatic rings. The normalized spacial score (nSPS) is 12.9. The molecule has 0 saturated heterocycles. The van der Waals surface area contributed by atoms with Crippen molar-refractivity contribution in [3.8, 4) is 0 Å². The highest BCUT2D eigenvalue weighted by Crippen LogP contribution is 2.29. The summed E-state index contributed by atoms with van der Waals surface area (Å²) in [7, 11) is 0. The Morgan fingerprint density at radius 1 is 1.40 bits per heavy atom. The number of ketones is 1. The second-order valence-corrected chi connectivity index (χ2v) is 3.78. The Kier molecular flexibility index (Phi) is 2.63. The third-order valence-corrected chi connectivity index (χ3v) is 2.38. The fraction of sp³-hybridized carbons (Fsp3) is 0.556. The van der Waals surface area contributed by atoms with Crippen molar-refractivity contribution in [3.63, 3.8) is 0 Å². The average Bonchev–Trinajstić information content (AvgIpc) is 2.50. The van der Waals surface area contributed by atoms with Gasteiger partial charge in [0.05, 0.1) is 11.9 Å². The van der Waals surface area contributed by atoms with Crippen molar-refractivity contribution >= 4 is 5.78 Å². The fourth-order valence-corrected chi connectivity index (χ4v) is 0.957. The van der Waals surface area contributed by atoms with E-state index in [-0.39, 0.29) is 5.78 Å². The summed E-state index contributed by atoms with van der Waals surface area (Å²) in [4.78, 5) is 14.4. The van der Waals surface area contributed by atoms with Gasteiger partial charge in [-0.2, -0.15) is 13.2 Å². The zero-order valence-corrected chi connectivity index (χ0v) is 8.59. The number of imidazole rings is 1. The van der Waals surface area contributed by atoms with Crippen LogP contribution in [0.2, 0.25) is 0 Å². The molecule has 84 valence electrons. The summed E-state index contributed by atoms with van der Waals surface area (Å²) < 4.78 is 37.9. The Hall–Kier alpha value is -1.33. The van der Waals surface area contributed by atoms with E-state index in [2.05, 4.69) is 4.98 Å². The number of hydrogen-bond donors (Lipinski definition) is 0. The zero-order valence-electron chi connectivity index (χ0n) is 8.59. The first-order valence-corrected chi connectivity index (χ1v) is 4.28. The Bertz CT molecular complexity index is 379. The van der Waals surface area contributed by atoms with Crippen LogP contribution in [0.15, 0.2) is 12.5 Å². The minimum Gasteiger partial charge on any atom is -0.324 e. The first-order valence-electron chi connectivity index (χ1n) is 4.28. The van der Waals surface area contributed by atoms with E-state index < -0.39 is 17.4 Å². The van der Waals surface area contributed by atoms with Gasteiger partial charge in [-0.15, -0.1) is 0 Å². The van der Waals surface area contributed by atoms with Crippen molar-refractivity contribution in [3.05, 3.63) is 18.2 Å². The summed E-state index contributed by atoms with van der Waals surface area (Å²) in [6, 6.07) is 0. The van der Waals surface area contributed by atoms with Gasteiger partial charge in [0.15, 0.2) is 11.5 Å². The molecule has 0 amide bonds. The highest BCUT2D eigenvalue weighted by molar-refractivity contribution is 5.83. The molecule has 15 heavy (non-hydrogen) atoms. The summed E-state index contributed by atoms with van der Waals surface area (Å²) >= 11 is 0. The summed E-state index contributed by atoms with van der Waals surface area (Å²) in [5, 5.41) is 0. The Morgan fingerprint density at radius 3 is 2.27 bits per heavy atom. The second-order valence-electron chi connectivity index (χ2n) is 3.78. The van der Waals surface area contributed by atoms with Crippen molar-refractivity contribution in [2.75, 3.05) is 0 Å². The first-order chi connectivity index (χ1) is 6.65. The molecule has 1 rings (SSSR count). The number of hydrogen-bond acceptors (Lipinski definition) is 2. The van der Waals surface area contributed by atoms with Crippen LogP contribution in [-0.2, 0) is 16.5 Å². The number of carbonyl (C=O) groups is 1. The number of aromatic nitrogens is 2. The van der Waals surface area contributed by atoms with Gasteiger partial charge in [-0.05, 0) is 20.8 Å². The van der Waals surface area contributed by atoms with Crippen LogP contribution in [0.4, 0.5) is 13.2 Å². The van der Waals surface area contributed by atoms with Crippen LogP contribution in [0.1, 0.15) is 26.5 Å². The van der Waals surface area contributed by atoms with Crippen molar-refractivity contribution in [2.24, 2.45) is 0 Å². The van der Waals surface area contributed by atoms with Gasteiger partial charge in [-0.25, -0.2) is 4.98 Å². The molecule has 1 aromatic heterocycles. The number of alkyl halides is 3. The maximum atomic E-state index is 12.2. The molecule has 1 heterocycles. The highest BCUT2D eigenvalue weighted by Gasteiger charge is 2.35. The van der Waals surface area contributed by atoms with E-state index in [0.717, 1.165) is 17.1 Å². The first kappa shape index (κ1) is 11.7. The van der Waals surface area contributed by atoms with Gasteiger partial charge >= 0.3 is 6.18 Å². The van der Waals surface area contributed by atoms with E-state index in [0.29, 0.717) is 0 Å². The second kappa shape index (κ2) is 3.36. The van der Waals surface area contributed by atoms with Gasteiger partial charge in [0.1, 0.15) is 0 Å². The lowest BCUT2D eigenvalue weighted by atomic mass is 10.0. The molecule has 0 aromatic carbocycles. The van der Waals surface area contributed by atoms with Crippen LogP contribution in [-0.4, -0.2) is 15.3 Å². The molecular formula is C9H11F3N2O. The molecule has 0 spiro atoms. The fourth-order valence-electron chi connectivity index (χ4n) is 0.957. The molecule has 0 fully saturated rings. The number of rotatable bonds is 2. The predicted octanol–water partition coefficient (Wildman–Crippen LogP) is 2.23. The van der Waals surface area contributed by atoms with E-state index in [1.54, 1.807) is 0 Å². The monoisotopic (exact) mass is 220 g/mol. The molecule has 0 aliphatic carbocycles. The van der Waals surface area contributed by atoms with Crippen LogP contribution in [0.5, 0.6) is 0 Å². The zero-order chi connectivity index (χ0) is 11.9. The molecule has 0 N–H and O–H groups in total. The molecule has 0 unspecified atom stereocenters. The molecule has 0 radical (unpaired) electrons. The van der Waals surface area contributed by atoms with E-state index in [1.807, 2.05) is 0 Å². The number of carbonyl (C=O) groups excluding carboxylic acids is 1. The molecule has 0 aliphatic heterocycles. The van der Waals surface area contributed by atoms with Crippen molar-refractivity contribution in [1.82, 2.24) is 9.55 Å². The van der Waals surface area contributed by atoms with Crippen LogP contribution in [0.25, 0.3) is 0 Å². The summed E-state index contributed by atoms with van der Waals surface area (Å²) in [6.45, 7) is 4.40. The molecule has 3 nitrogen and oxygen atoms in total. The van der Waals surface area contributed by atoms with Crippen LogP contribution in [0, 0.1) is 0 Å². The standard InChI is InChI=1S/C9H11F3N2O/c1-6(15)8(2,3)14-4-7(13-5-14)9(10,11)12/h4-5H,1-3H3. The van der Waals surface area contributed by atoms with Gasteiger partial charge in [-0.3, -0.25) is 4.79 Å². The van der Waals surface area contributed by atoms with Crippen LogP contribution >= 0.6 is 0 Å². The molecule has 6 heteroatoms. The Morgan fingerprint density at radius 2 is 1.93 bits per heavy atom.